The molecule has 50 valence electrons. The Hall–Kier alpha value is -0.920. The molecule has 9 heavy (non-hydrogen) atoms. The standard InChI is InChI=1S/C7H10O2/c1-6(2)9-7-4-3-5-8-7/h3-6H,1-2H3. The molecule has 0 aliphatic carbocycles. The lowest BCUT2D eigenvalue weighted by atomic mass is 10.5. The van der Waals surface area contributed by atoms with Crippen LogP contribution in [0.1, 0.15) is 13.8 Å². The van der Waals surface area contributed by atoms with Crippen LogP contribution in [-0.2, 0) is 0 Å². The molecule has 0 bridgehead atoms. The Bertz CT molecular complexity index is 153. The van der Waals surface area contributed by atoms with E-state index in [9.17, 15) is 0 Å². The first-order chi connectivity index (χ1) is 4.29. The molecule has 0 aliphatic heterocycles. The fourth-order valence-corrected chi connectivity index (χ4v) is 0.563. The Kier molecular flexibility index (Phi) is 1.78. The van der Waals surface area contributed by atoms with Gasteiger partial charge in [-0.2, -0.15) is 0 Å². The maximum Gasteiger partial charge on any atom is 0.284 e. The highest BCUT2D eigenvalue weighted by Crippen LogP contribution is 2.11. The van der Waals surface area contributed by atoms with Gasteiger partial charge in [0.15, 0.2) is 0 Å². The Morgan fingerprint density at radius 1 is 1.56 bits per heavy atom. The third kappa shape index (κ3) is 1.80. The Labute approximate surface area is 54.4 Å². The lowest BCUT2D eigenvalue weighted by Gasteiger charge is -2.03. The summed E-state index contributed by atoms with van der Waals surface area (Å²) in [5.74, 6) is 0.588. The minimum absolute atomic E-state index is 0.191. The molecule has 1 rings (SSSR count). The van der Waals surface area contributed by atoms with Gasteiger partial charge in [0.2, 0.25) is 0 Å². The van der Waals surface area contributed by atoms with E-state index in [4.69, 9.17) is 9.15 Å². The van der Waals surface area contributed by atoms with Crippen LogP contribution in [0.4, 0.5) is 0 Å². The topological polar surface area (TPSA) is 22.4 Å². The van der Waals surface area contributed by atoms with Crippen molar-refractivity contribution >= 4 is 0 Å². The van der Waals surface area contributed by atoms with Crippen molar-refractivity contribution < 1.29 is 9.15 Å². The lowest BCUT2D eigenvalue weighted by Crippen LogP contribution is -2.04. The summed E-state index contributed by atoms with van der Waals surface area (Å²) >= 11 is 0. The maximum absolute atomic E-state index is 5.19. The van der Waals surface area contributed by atoms with Crippen LogP contribution >= 0.6 is 0 Å². The fraction of sp³-hybridized carbons (Fsp3) is 0.429. The zero-order valence-corrected chi connectivity index (χ0v) is 5.63. The van der Waals surface area contributed by atoms with Gasteiger partial charge < -0.3 is 9.15 Å². The van der Waals surface area contributed by atoms with Crippen molar-refractivity contribution in [2.24, 2.45) is 0 Å². The third-order valence-corrected chi connectivity index (χ3v) is 0.847. The molecule has 0 N–H and O–H groups in total. The van der Waals surface area contributed by atoms with Crippen LogP contribution in [0.2, 0.25) is 0 Å². The van der Waals surface area contributed by atoms with Crippen LogP contribution in [0.3, 0.4) is 0 Å². The number of rotatable bonds is 2. The van der Waals surface area contributed by atoms with Gasteiger partial charge in [0.25, 0.3) is 5.95 Å². The van der Waals surface area contributed by atoms with Gasteiger partial charge in [-0.05, 0) is 19.9 Å². The maximum atomic E-state index is 5.19. The van der Waals surface area contributed by atoms with Crippen LogP contribution < -0.4 is 4.74 Å². The number of furan rings is 1. The molecule has 1 aromatic heterocycles. The number of ether oxygens (including phenoxy) is 1. The van der Waals surface area contributed by atoms with Gasteiger partial charge in [0.1, 0.15) is 0 Å². The highest BCUT2D eigenvalue weighted by molar-refractivity contribution is 5.03. The summed E-state index contributed by atoms with van der Waals surface area (Å²) in [5, 5.41) is 0. The van der Waals surface area contributed by atoms with Gasteiger partial charge in [-0.15, -0.1) is 0 Å². The molecule has 2 heteroatoms. The van der Waals surface area contributed by atoms with E-state index >= 15 is 0 Å². The normalized spacial score (nSPS) is 10.1. The first-order valence-corrected chi connectivity index (χ1v) is 2.99. The van der Waals surface area contributed by atoms with Crippen molar-refractivity contribution in [2.75, 3.05) is 0 Å². The largest absolute Gasteiger partial charge is 0.462 e. The van der Waals surface area contributed by atoms with E-state index in [0.717, 1.165) is 0 Å². The molecule has 0 aliphatic rings. The predicted molar refractivity (Wildman–Crippen MR) is 34.5 cm³/mol. The van der Waals surface area contributed by atoms with Crippen molar-refractivity contribution in [1.29, 1.82) is 0 Å². The van der Waals surface area contributed by atoms with E-state index < -0.39 is 0 Å². The smallest absolute Gasteiger partial charge is 0.284 e. The average Bonchev–Trinajstić information content (AvgIpc) is 2.15. The SMILES string of the molecule is CC(C)Oc1ccco1. The minimum atomic E-state index is 0.191. The van der Waals surface area contributed by atoms with Crippen molar-refractivity contribution in [3.05, 3.63) is 18.4 Å². The summed E-state index contributed by atoms with van der Waals surface area (Å²) in [5.41, 5.74) is 0. The highest BCUT2D eigenvalue weighted by atomic mass is 16.6. The summed E-state index contributed by atoms with van der Waals surface area (Å²) in [6.07, 6.45) is 1.79. The molecule has 1 aromatic rings. The molecular formula is C7H10O2. The first-order valence-electron chi connectivity index (χ1n) is 2.99. The van der Waals surface area contributed by atoms with Crippen LogP contribution in [0.5, 0.6) is 5.95 Å². The summed E-state index contributed by atoms with van der Waals surface area (Å²) < 4.78 is 10.1. The Balaban J connectivity index is 2.48. The van der Waals surface area contributed by atoms with E-state index in [1.165, 1.54) is 0 Å². The molecule has 2 nitrogen and oxygen atoms in total. The molecule has 0 fully saturated rings. The summed E-state index contributed by atoms with van der Waals surface area (Å²) in [6.45, 7) is 3.92. The van der Waals surface area contributed by atoms with Gasteiger partial charge >= 0.3 is 0 Å². The van der Waals surface area contributed by atoms with Crippen molar-refractivity contribution in [3.8, 4) is 5.95 Å². The van der Waals surface area contributed by atoms with Gasteiger partial charge in [0.05, 0.1) is 12.4 Å². The van der Waals surface area contributed by atoms with E-state index in [1.807, 2.05) is 13.8 Å². The van der Waals surface area contributed by atoms with Crippen molar-refractivity contribution in [2.45, 2.75) is 20.0 Å². The van der Waals surface area contributed by atoms with Crippen LogP contribution in [0, 0.1) is 0 Å². The Morgan fingerprint density at radius 3 is 2.78 bits per heavy atom. The average molecular weight is 126 g/mol. The van der Waals surface area contributed by atoms with Gasteiger partial charge in [0, 0.05) is 6.07 Å². The van der Waals surface area contributed by atoms with E-state index in [1.54, 1.807) is 18.4 Å². The van der Waals surface area contributed by atoms with Crippen LogP contribution in [-0.4, -0.2) is 6.10 Å². The molecule has 0 atom stereocenters. The van der Waals surface area contributed by atoms with Gasteiger partial charge in [-0.1, -0.05) is 0 Å². The second-order valence-electron chi connectivity index (χ2n) is 2.10. The third-order valence-electron chi connectivity index (χ3n) is 0.847. The molecule has 0 unspecified atom stereocenters. The quantitative estimate of drug-likeness (QED) is 0.605. The second-order valence-corrected chi connectivity index (χ2v) is 2.10. The summed E-state index contributed by atoms with van der Waals surface area (Å²) in [7, 11) is 0. The predicted octanol–water partition coefficient (Wildman–Crippen LogP) is 2.07. The summed E-state index contributed by atoms with van der Waals surface area (Å²) in [6, 6.07) is 3.59. The van der Waals surface area contributed by atoms with Crippen molar-refractivity contribution in [3.63, 3.8) is 0 Å². The van der Waals surface area contributed by atoms with Crippen molar-refractivity contribution in [1.82, 2.24) is 0 Å². The molecule has 0 saturated heterocycles. The van der Waals surface area contributed by atoms with Gasteiger partial charge in [-0.3, -0.25) is 0 Å². The minimum Gasteiger partial charge on any atom is -0.462 e. The highest BCUT2D eigenvalue weighted by Gasteiger charge is 1.96. The fourth-order valence-electron chi connectivity index (χ4n) is 0.563. The monoisotopic (exact) mass is 126 g/mol. The molecule has 0 aromatic carbocycles. The molecule has 0 radical (unpaired) electrons. The molecule has 0 spiro atoms. The van der Waals surface area contributed by atoms with E-state index in [-0.39, 0.29) is 6.10 Å². The summed E-state index contributed by atoms with van der Waals surface area (Å²) in [4.78, 5) is 0. The van der Waals surface area contributed by atoms with E-state index in [2.05, 4.69) is 0 Å². The molecule has 0 saturated carbocycles. The number of hydrogen-bond acceptors (Lipinski definition) is 2. The molecule has 1 heterocycles. The van der Waals surface area contributed by atoms with E-state index in [0.29, 0.717) is 5.95 Å². The van der Waals surface area contributed by atoms with Crippen LogP contribution in [0.15, 0.2) is 22.8 Å². The second kappa shape index (κ2) is 2.58. The van der Waals surface area contributed by atoms with Crippen LogP contribution in [0.25, 0.3) is 0 Å². The zero-order valence-electron chi connectivity index (χ0n) is 5.63. The first kappa shape index (κ1) is 6.20. The molecule has 0 amide bonds. The Morgan fingerprint density at radius 2 is 2.33 bits per heavy atom. The molecular weight excluding hydrogens is 116 g/mol. The van der Waals surface area contributed by atoms with Gasteiger partial charge in [-0.25, -0.2) is 0 Å². The zero-order chi connectivity index (χ0) is 6.69. The lowest BCUT2D eigenvalue weighted by molar-refractivity contribution is 0.186. The number of hydrogen-bond donors (Lipinski definition) is 0.